The van der Waals surface area contributed by atoms with Gasteiger partial charge in [-0.15, -0.1) is 11.3 Å². The maximum atomic E-state index is 10.2. The van der Waals surface area contributed by atoms with Gasteiger partial charge in [0, 0.05) is 4.88 Å². The van der Waals surface area contributed by atoms with Crippen LogP contribution in [0.3, 0.4) is 0 Å². The molecule has 2 unspecified atom stereocenters. The van der Waals surface area contributed by atoms with Crippen molar-refractivity contribution >= 4 is 11.3 Å². The number of thiophene rings is 1. The molecule has 1 aliphatic rings. The van der Waals surface area contributed by atoms with E-state index in [-0.39, 0.29) is 5.60 Å². The van der Waals surface area contributed by atoms with Gasteiger partial charge in [-0.25, -0.2) is 0 Å². The molecule has 2 atom stereocenters. The van der Waals surface area contributed by atoms with Crippen LogP contribution < -0.4 is 0 Å². The molecule has 1 heterocycles. The summed E-state index contributed by atoms with van der Waals surface area (Å²) in [5, 5.41) is 12.3. The van der Waals surface area contributed by atoms with Gasteiger partial charge < -0.3 is 5.11 Å². The van der Waals surface area contributed by atoms with Crippen molar-refractivity contribution in [1.82, 2.24) is 0 Å². The standard InChI is InChI=1S/C13H20OS/c1-2-5-11-10-13(11,14)8-3-6-12-7-4-9-15-12/h4,7,9,11,14H,2-3,5-6,8,10H2,1H3. The molecule has 1 aliphatic carbocycles. The van der Waals surface area contributed by atoms with E-state index >= 15 is 0 Å². The van der Waals surface area contributed by atoms with E-state index in [9.17, 15) is 5.11 Å². The van der Waals surface area contributed by atoms with Crippen molar-refractivity contribution in [3.8, 4) is 0 Å². The van der Waals surface area contributed by atoms with Crippen LogP contribution in [0.1, 0.15) is 43.9 Å². The molecule has 2 rings (SSSR count). The van der Waals surface area contributed by atoms with Crippen LogP contribution in [0.25, 0.3) is 0 Å². The van der Waals surface area contributed by atoms with Crippen LogP contribution in [0, 0.1) is 5.92 Å². The lowest BCUT2D eigenvalue weighted by molar-refractivity contribution is 0.117. The van der Waals surface area contributed by atoms with Gasteiger partial charge in [0.2, 0.25) is 0 Å². The Morgan fingerprint density at radius 3 is 3.13 bits per heavy atom. The lowest BCUT2D eigenvalue weighted by Gasteiger charge is -2.09. The maximum Gasteiger partial charge on any atom is 0.0680 e. The minimum Gasteiger partial charge on any atom is -0.390 e. The van der Waals surface area contributed by atoms with Crippen LogP contribution in [0.5, 0.6) is 0 Å². The first kappa shape index (κ1) is 11.2. The topological polar surface area (TPSA) is 20.2 Å². The van der Waals surface area contributed by atoms with E-state index in [1.807, 2.05) is 11.3 Å². The molecule has 0 aliphatic heterocycles. The number of hydrogen-bond donors (Lipinski definition) is 1. The normalized spacial score (nSPS) is 29.3. The summed E-state index contributed by atoms with van der Waals surface area (Å²) in [5.41, 5.74) is -0.284. The molecule has 84 valence electrons. The molecule has 0 saturated heterocycles. The van der Waals surface area contributed by atoms with Gasteiger partial charge in [0.05, 0.1) is 5.60 Å². The Morgan fingerprint density at radius 2 is 2.47 bits per heavy atom. The zero-order chi connectivity index (χ0) is 10.7. The molecular formula is C13H20OS. The Balaban J connectivity index is 1.67. The van der Waals surface area contributed by atoms with E-state index in [2.05, 4.69) is 24.4 Å². The predicted molar refractivity (Wildman–Crippen MR) is 65.2 cm³/mol. The summed E-state index contributed by atoms with van der Waals surface area (Å²) in [6.07, 6.45) is 6.73. The van der Waals surface area contributed by atoms with E-state index in [0.717, 1.165) is 25.7 Å². The summed E-state index contributed by atoms with van der Waals surface area (Å²) in [4.78, 5) is 1.45. The SMILES string of the molecule is CCCC1CC1(O)CCCc1cccs1. The lowest BCUT2D eigenvalue weighted by Crippen LogP contribution is -2.11. The van der Waals surface area contributed by atoms with Gasteiger partial charge in [0.25, 0.3) is 0 Å². The smallest absolute Gasteiger partial charge is 0.0680 e. The van der Waals surface area contributed by atoms with Crippen molar-refractivity contribution < 1.29 is 5.11 Å². The van der Waals surface area contributed by atoms with Crippen molar-refractivity contribution in [3.05, 3.63) is 22.4 Å². The molecule has 0 amide bonds. The van der Waals surface area contributed by atoms with Crippen LogP contribution in [-0.2, 0) is 6.42 Å². The summed E-state index contributed by atoms with van der Waals surface area (Å²) in [7, 11) is 0. The highest BCUT2D eigenvalue weighted by atomic mass is 32.1. The average Bonchev–Trinajstić information content (AvgIpc) is 2.67. The molecule has 0 bridgehead atoms. The fourth-order valence-electron chi connectivity index (χ4n) is 2.42. The number of aryl methyl sites for hydroxylation is 1. The number of hydrogen-bond acceptors (Lipinski definition) is 2. The quantitative estimate of drug-likeness (QED) is 0.782. The van der Waals surface area contributed by atoms with E-state index in [4.69, 9.17) is 0 Å². The van der Waals surface area contributed by atoms with Crippen molar-refractivity contribution in [3.63, 3.8) is 0 Å². The Labute approximate surface area is 96.1 Å². The van der Waals surface area contributed by atoms with Crippen molar-refractivity contribution in [1.29, 1.82) is 0 Å². The number of aliphatic hydroxyl groups is 1. The van der Waals surface area contributed by atoms with Crippen LogP contribution in [-0.4, -0.2) is 10.7 Å². The summed E-state index contributed by atoms with van der Waals surface area (Å²) in [6, 6.07) is 4.29. The molecule has 1 aromatic heterocycles. The first-order chi connectivity index (χ1) is 7.24. The summed E-state index contributed by atoms with van der Waals surface area (Å²) in [5.74, 6) is 0.603. The molecule has 1 aromatic rings. The molecular weight excluding hydrogens is 204 g/mol. The van der Waals surface area contributed by atoms with Gasteiger partial charge in [0.1, 0.15) is 0 Å². The molecule has 15 heavy (non-hydrogen) atoms. The first-order valence-corrected chi connectivity index (χ1v) is 6.87. The van der Waals surface area contributed by atoms with E-state index in [0.29, 0.717) is 5.92 Å². The van der Waals surface area contributed by atoms with E-state index < -0.39 is 0 Å². The maximum absolute atomic E-state index is 10.2. The molecule has 1 nitrogen and oxygen atoms in total. The summed E-state index contributed by atoms with van der Waals surface area (Å²) < 4.78 is 0. The molecule has 1 N–H and O–H groups in total. The van der Waals surface area contributed by atoms with Gasteiger partial charge in [-0.3, -0.25) is 0 Å². The Hall–Kier alpha value is -0.340. The van der Waals surface area contributed by atoms with Crippen molar-refractivity contribution in [2.24, 2.45) is 5.92 Å². The minimum atomic E-state index is -0.284. The zero-order valence-electron chi connectivity index (χ0n) is 9.41. The second-order valence-corrected chi connectivity index (χ2v) is 5.76. The van der Waals surface area contributed by atoms with Gasteiger partial charge in [-0.2, -0.15) is 0 Å². The molecule has 1 fully saturated rings. The second-order valence-electron chi connectivity index (χ2n) is 4.73. The highest BCUT2D eigenvalue weighted by molar-refractivity contribution is 7.09. The Kier molecular flexibility index (Phi) is 3.47. The van der Waals surface area contributed by atoms with Crippen LogP contribution in [0.4, 0.5) is 0 Å². The first-order valence-electron chi connectivity index (χ1n) is 5.99. The van der Waals surface area contributed by atoms with Crippen LogP contribution >= 0.6 is 11.3 Å². The summed E-state index contributed by atoms with van der Waals surface area (Å²) >= 11 is 1.82. The van der Waals surface area contributed by atoms with Gasteiger partial charge in [-0.05, 0) is 49.5 Å². The fourth-order valence-corrected chi connectivity index (χ4v) is 3.17. The largest absolute Gasteiger partial charge is 0.390 e. The van der Waals surface area contributed by atoms with E-state index in [1.54, 1.807) is 0 Å². The highest BCUT2D eigenvalue weighted by Crippen LogP contribution is 2.49. The molecule has 0 spiro atoms. The Morgan fingerprint density at radius 1 is 1.60 bits per heavy atom. The van der Waals surface area contributed by atoms with Gasteiger partial charge in [-0.1, -0.05) is 19.4 Å². The van der Waals surface area contributed by atoms with Gasteiger partial charge in [0.15, 0.2) is 0 Å². The third-order valence-corrected chi connectivity index (χ3v) is 4.39. The highest BCUT2D eigenvalue weighted by Gasteiger charge is 2.50. The number of rotatable bonds is 6. The Bertz CT molecular complexity index is 293. The van der Waals surface area contributed by atoms with Crippen LogP contribution in [0.2, 0.25) is 0 Å². The minimum absolute atomic E-state index is 0.284. The average molecular weight is 224 g/mol. The predicted octanol–water partition coefficient (Wildman–Crippen LogP) is 3.62. The molecule has 0 aromatic carbocycles. The lowest BCUT2D eigenvalue weighted by atomic mass is 10.1. The third-order valence-electron chi connectivity index (χ3n) is 3.45. The second kappa shape index (κ2) is 4.67. The van der Waals surface area contributed by atoms with Crippen molar-refractivity contribution in [2.75, 3.05) is 0 Å². The monoisotopic (exact) mass is 224 g/mol. The van der Waals surface area contributed by atoms with E-state index in [1.165, 1.54) is 17.7 Å². The third kappa shape index (κ3) is 2.82. The summed E-state index contributed by atoms with van der Waals surface area (Å²) in [6.45, 7) is 2.20. The molecule has 2 heteroatoms. The zero-order valence-corrected chi connectivity index (χ0v) is 10.2. The van der Waals surface area contributed by atoms with Crippen molar-refractivity contribution in [2.45, 2.75) is 51.0 Å². The van der Waals surface area contributed by atoms with Crippen LogP contribution in [0.15, 0.2) is 17.5 Å². The van der Waals surface area contributed by atoms with Gasteiger partial charge >= 0.3 is 0 Å². The molecule has 1 saturated carbocycles. The molecule has 0 radical (unpaired) electrons. The fraction of sp³-hybridized carbons (Fsp3) is 0.692.